The molecule has 0 aliphatic heterocycles. The molecule has 0 aliphatic carbocycles. The second-order valence-corrected chi connectivity index (χ2v) is 7.45. The Hall–Kier alpha value is -3.78. The molecule has 0 radical (unpaired) electrons. The van der Waals surface area contributed by atoms with Crippen molar-refractivity contribution >= 4 is 43.8 Å². The Morgan fingerprint density at radius 2 is 1.90 bits per heavy atom. The number of rotatable bonds is 3. The van der Waals surface area contributed by atoms with E-state index in [1.165, 1.54) is 0 Å². The lowest BCUT2D eigenvalue weighted by Gasteiger charge is -2.04. The van der Waals surface area contributed by atoms with Crippen LogP contribution in [-0.2, 0) is 0 Å². The molecule has 0 aliphatic rings. The molecule has 0 fully saturated rings. The number of carbonyl (C=O) groups is 1. The first-order valence-electron chi connectivity index (χ1n) is 9.10. The predicted octanol–water partition coefficient (Wildman–Crippen LogP) is 4.38. The number of para-hydroxylation sites is 2. The summed E-state index contributed by atoms with van der Waals surface area (Å²) in [7, 11) is 0. The molecule has 0 saturated heterocycles. The maximum absolute atomic E-state index is 12.4. The zero-order valence-electron chi connectivity index (χ0n) is 15.5. The predicted molar refractivity (Wildman–Crippen MR) is 116 cm³/mol. The highest BCUT2D eigenvalue weighted by Crippen LogP contribution is 2.24. The molecule has 146 valence electrons. The van der Waals surface area contributed by atoms with Gasteiger partial charge in [0.2, 0.25) is 5.55 Å². The zero-order chi connectivity index (χ0) is 20.5. The number of hydrogen-bond acceptors (Lipinski definition) is 5. The van der Waals surface area contributed by atoms with Gasteiger partial charge in [0, 0.05) is 27.8 Å². The minimum absolute atomic E-state index is 0.242. The number of imidazole rings is 1. The van der Waals surface area contributed by atoms with Crippen LogP contribution >= 0.6 is 15.9 Å². The minimum atomic E-state index is -0.362. The molecule has 7 nitrogen and oxygen atoms in total. The van der Waals surface area contributed by atoms with Crippen LogP contribution in [0.1, 0.15) is 10.4 Å². The van der Waals surface area contributed by atoms with Gasteiger partial charge in [-0.3, -0.25) is 9.78 Å². The van der Waals surface area contributed by atoms with E-state index < -0.39 is 0 Å². The van der Waals surface area contributed by atoms with Gasteiger partial charge in [-0.2, -0.15) is 0 Å². The van der Waals surface area contributed by atoms with Crippen molar-refractivity contribution in [2.45, 2.75) is 0 Å². The second kappa shape index (κ2) is 7.57. The van der Waals surface area contributed by atoms with Crippen LogP contribution in [0, 0.1) is 0 Å². The van der Waals surface area contributed by atoms with Gasteiger partial charge in [-0.15, -0.1) is 5.10 Å². The van der Waals surface area contributed by atoms with Gasteiger partial charge in [-0.05, 0) is 48.5 Å². The molecule has 0 saturated carbocycles. The molecule has 5 rings (SSSR count). The van der Waals surface area contributed by atoms with Crippen LogP contribution in [0.5, 0.6) is 0 Å². The first kappa shape index (κ1) is 18.3. The van der Waals surface area contributed by atoms with Crippen molar-refractivity contribution in [2.24, 2.45) is 5.10 Å². The van der Waals surface area contributed by atoms with Gasteiger partial charge in [0.05, 0.1) is 16.6 Å². The van der Waals surface area contributed by atoms with Gasteiger partial charge in [0.25, 0.3) is 5.91 Å². The van der Waals surface area contributed by atoms with Crippen molar-refractivity contribution in [1.29, 1.82) is 0 Å². The van der Waals surface area contributed by atoms with Crippen molar-refractivity contribution in [2.75, 3.05) is 0 Å². The largest absolute Gasteiger partial charge is 0.436 e. The Kier molecular flexibility index (Phi) is 4.61. The number of H-pyrrole nitrogens is 1. The maximum Gasteiger partial charge on any atom is 0.271 e. The summed E-state index contributed by atoms with van der Waals surface area (Å²) in [5.74, 6) is 0.234. The number of hydrogen-bond donors (Lipinski definition) is 2. The summed E-state index contributed by atoms with van der Waals surface area (Å²) in [6, 6.07) is 18.6. The van der Waals surface area contributed by atoms with Crippen molar-refractivity contribution in [3.8, 4) is 11.4 Å². The number of pyridine rings is 1. The molecular formula is C22H14BrN5O2. The topological polar surface area (TPSA) is 96.2 Å². The van der Waals surface area contributed by atoms with Crippen LogP contribution in [0.25, 0.3) is 33.4 Å². The van der Waals surface area contributed by atoms with Gasteiger partial charge in [0.1, 0.15) is 11.4 Å². The van der Waals surface area contributed by atoms with E-state index >= 15 is 0 Å². The summed E-state index contributed by atoms with van der Waals surface area (Å²) < 4.78 is 6.94. The van der Waals surface area contributed by atoms with Gasteiger partial charge in [0.15, 0.2) is 0 Å². The Morgan fingerprint density at radius 3 is 2.73 bits per heavy atom. The number of nitrogens with one attached hydrogen (secondary N) is 2. The van der Waals surface area contributed by atoms with Gasteiger partial charge < -0.3 is 9.40 Å². The monoisotopic (exact) mass is 459 g/mol. The molecule has 30 heavy (non-hydrogen) atoms. The minimum Gasteiger partial charge on any atom is -0.436 e. The summed E-state index contributed by atoms with van der Waals surface area (Å²) in [4.78, 5) is 24.3. The molecule has 0 atom stereocenters. The number of halogens is 1. The molecule has 1 amide bonds. The molecule has 5 aromatic rings. The Labute approximate surface area is 178 Å². The summed E-state index contributed by atoms with van der Waals surface area (Å²) in [5, 5.41) is 5.12. The van der Waals surface area contributed by atoms with Crippen molar-refractivity contribution in [3.05, 3.63) is 88.6 Å². The fourth-order valence-electron chi connectivity index (χ4n) is 3.10. The highest BCUT2D eigenvalue weighted by Gasteiger charge is 2.12. The van der Waals surface area contributed by atoms with Gasteiger partial charge in [-0.25, -0.2) is 10.4 Å². The van der Waals surface area contributed by atoms with E-state index in [0.29, 0.717) is 22.5 Å². The molecule has 3 heterocycles. The highest BCUT2D eigenvalue weighted by molar-refractivity contribution is 9.10. The van der Waals surface area contributed by atoms with E-state index in [-0.39, 0.29) is 11.5 Å². The third-order valence-electron chi connectivity index (χ3n) is 4.55. The summed E-state index contributed by atoms with van der Waals surface area (Å²) >= 11 is 3.48. The highest BCUT2D eigenvalue weighted by atomic mass is 79.9. The van der Waals surface area contributed by atoms with Crippen LogP contribution in [0.2, 0.25) is 0 Å². The third-order valence-corrected chi connectivity index (χ3v) is 5.05. The van der Waals surface area contributed by atoms with Crippen molar-refractivity contribution < 1.29 is 9.21 Å². The number of aromatic nitrogens is 3. The molecule has 2 N–H and O–H groups in total. The molecule has 8 heteroatoms. The lowest BCUT2D eigenvalue weighted by atomic mass is 10.2. The maximum atomic E-state index is 12.4. The standard InChI is InChI=1S/C22H14BrN5O2/c23-15-5-6-19-14(11-15)12-16(20-25-17-3-1-2-4-18(17)26-20)22(30-19)28-27-21(29)13-7-9-24-10-8-13/h1-12H,(H,25,26)(H,27,29)/b28-22+. The van der Waals surface area contributed by atoms with E-state index in [1.54, 1.807) is 24.5 Å². The van der Waals surface area contributed by atoms with E-state index in [2.05, 4.69) is 41.4 Å². The number of aromatic amines is 1. The number of amides is 1. The Balaban J connectivity index is 1.66. The van der Waals surface area contributed by atoms with E-state index in [1.807, 2.05) is 48.5 Å². The van der Waals surface area contributed by atoms with E-state index in [0.717, 1.165) is 20.9 Å². The Morgan fingerprint density at radius 1 is 1.07 bits per heavy atom. The fraction of sp³-hybridized carbons (Fsp3) is 0. The van der Waals surface area contributed by atoms with Crippen LogP contribution in [0.3, 0.4) is 0 Å². The second-order valence-electron chi connectivity index (χ2n) is 6.54. The number of carbonyl (C=O) groups excluding carboxylic acids is 1. The first-order chi connectivity index (χ1) is 14.7. The molecule has 0 spiro atoms. The van der Waals surface area contributed by atoms with Crippen LogP contribution < -0.4 is 11.0 Å². The Bertz CT molecular complexity index is 1420. The summed E-state index contributed by atoms with van der Waals surface area (Å²) in [5.41, 5.74) is 6.23. The first-order valence-corrected chi connectivity index (χ1v) is 9.89. The van der Waals surface area contributed by atoms with Gasteiger partial charge in [-0.1, -0.05) is 28.1 Å². The number of nitrogens with zero attached hydrogens (tertiary/aromatic N) is 3. The lowest BCUT2D eigenvalue weighted by Crippen LogP contribution is -2.22. The van der Waals surface area contributed by atoms with E-state index in [4.69, 9.17) is 4.42 Å². The smallest absolute Gasteiger partial charge is 0.271 e. The molecule has 3 aromatic heterocycles. The summed E-state index contributed by atoms with van der Waals surface area (Å²) in [6.45, 7) is 0. The third kappa shape index (κ3) is 3.48. The number of benzene rings is 2. The van der Waals surface area contributed by atoms with Crippen LogP contribution in [-0.4, -0.2) is 20.9 Å². The lowest BCUT2D eigenvalue weighted by molar-refractivity contribution is 0.0951. The molecule has 2 aromatic carbocycles. The van der Waals surface area contributed by atoms with E-state index in [9.17, 15) is 4.79 Å². The quantitative estimate of drug-likeness (QED) is 0.391. The van der Waals surface area contributed by atoms with Gasteiger partial charge >= 0.3 is 0 Å². The molecular weight excluding hydrogens is 446 g/mol. The SMILES string of the molecule is O=C(N/N=c1/oc2ccc(Br)cc2cc1-c1nc2ccccc2[nH]1)c1ccncc1. The zero-order valence-corrected chi connectivity index (χ0v) is 17.1. The van der Waals surface area contributed by atoms with Crippen molar-refractivity contribution in [3.63, 3.8) is 0 Å². The molecule has 0 bridgehead atoms. The summed E-state index contributed by atoms with van der Waals surface area (Å²) in [6.07, 6.45) is 3.10. The van der Waals surface area contributed by atoms with Crippen LogP contribution in [0.4, 0.5) is 0 Å². The average Bonchev–Trinajstić information content (AvgIpc) is 3.21. The van der Waals surface area contributed by atoms with Crippen LogP contribution in [0.15, 0.2) is 87.0 Å². The fourth-order valence-corrected chi connectivity index (χ4v) is 3.48. The average molecular weight is 460 g/mol. The van der Waals surface area contributed by atoms with Crippen molar-refractivity contribution in [1.82, 2.24) is 20.4 Å². The number of fused-ring (bicyclic) bond motifs is 2. The normalized spacial score (nSPS) is 11.8. The molecule has 0 unspecified atom stereocenters.